The minimum atomic E-state index is 0.0462. The minimum absolute atomic E-state index is 0.0462. The zero-order valence-corrected chi connectivity index (χ0v) is 14.3. The Hall–Kier alpha value is -0.610. The molecule has 0 aromatic rings. The van der Waals surface area contributed by atoms with Crippen LogP contribution >= 0.6 is 0 Å². The Labute approximate surface area is 130 Å². The maximum atomic E-state index is 12.2. The van der Waals surface area contributed by atoms with Crippen LogP contribution in [0.5, 0.6) is 0 Å². The zero-order chi connectivity index (χ0) is 15.7. The lowest BCUT2D eigenvalue weighted by molar-refractivity contribution is -0.124. The van der Waals surface area contributed by atoms with Gasteiger partial charge >= 0.3 is 0 Å². The van der Waals surface area contributed by atoms with Crippen molar-refractivity contribution in [1.82, 2.24) is 10.2 Å². The van der Waals surface area contributed by atoms with Gasteiger partial charge in [-0.2, -0.15) is 0 Å². The average Bonchev–Trinajstić information content (AvgIpc) is 2.48. The maximum Gasteiger partial charge on any atom is 0.234 e. The third-order valence-electron chi connectivity index (χ3n) is 4.94. The molecule has 1 aliphatic carbocycles. The SMILES string of the molecule is CCCCNC(=O)CN(CCC)C1(CN)CCC(C)CC1. The third-order valence-corrected chi connectivity index (χ3v) is 4.94. The van der Waals surface area contributed by atoms with E-state index in [-0.39, 0.29) is 11.4 Å². The standard InChI is InChI=1S/C17H35N3O/c1-4-6-11-19-16(21)13-20(12-5-2)17(14-18)9-7-15(3)8-10-17/h15H,4-14,18H2,1-3H3,(H,19,21). The fraction of sp³-hybridized carbons (Fsp3) is 0.941. The van der Waals surface area contributed by atoms with Gasteiger partial charge in [0.25, 0.3) is 0 Å². The summed E-state index contributed by atoms with van der Waals surface area (Å²) in [7, 11) is 0. The van der Waals surface area contributed by atoms with Gasteiger partial charge in [-0.25, -0.2) is 0 Å². The van der Waals surface area contributed by atoms with Crippen molar-refractivity contribution in [3.63, 3.8) is 0 Å². The number of rotatable bonds is 9. The molecule has 4 nitrogen and oxygen atoms in total. The van der Waals surface area contributed by atoms with Crippen LogP contribution in [0.25, 0.3) is 0 Å². The fourth-order valence-corrected chi connectivity index (χ4v) is 3.34. The third kappa shape index (κ3) is 5.59. The van der Waals surface area contributed by atoms with E-state index in [2.05, 4.69) is 31.0 Å². The van der Waals surface area contributed by atoms with Gasteiger partial charge in [0.15, 0.2) is 0 Å². The van der Waals surface area contributed by atoms with E-state index in [9.17, 15) is 4.79 Å². The number of nitrogens with zero attached hydrogens (tertiary/aromatic N) is 1. The van der Waals surface area contributed by atoms with Crippen LogP contribution < -0.4 is 11.1 Å². The summed E-state index contributed by atoms with van der Waals surface area (Å²) in [6, 6.07) is 0. The highest BCUT2D eigenvalue weighted by Gasteiger charge is 2.38. The number of nitrogens with two attached hydrogens (primary N) is 1. The highest BCUT2D eigenvalue weighted by molar-refractivity contribution is 5.78. The van der Waals surface area contributed by atoms with E-state index < -0.39 is 0 Å². The van der Waals surface area contributed by atoms with E-state index in [0.717, 1.165) is 51.1 Å². The summed E-state index contributed by atoms with van der Waals surface area (Å²) >= 11 is 0. The van der Waals surface area contributed by atoms with Crippen molar-refractivity contribution in [3.8, 4) is 0 Å². The summed E-state index contributed by atoms with van der Waals surface area (Å²) in [5, 5.41) is 3.04. The number of amides is 1. The van der Waals surface area contributed by atoms with Gasteiger partial charge in [-0.1, -0.05) is 27.2 Å². The molecule has 1 amide bonds. The van der Waals surface area contributed by atoms with Gasteiger partial charge in [-0.15, -0.1) is 0 Å². The second-order valence-corrected chi connectivity index (χ2v) is 6.74. The van der Waals surface area contributed by atoms with Gasteiger partial charge in [0.1, 0.15) is 0 Å². The van der Waals surface area contributed by atoms with Gasteiger partial charge in [-0.3, -0.25) is 9.69 Å². The van der Waals surface area contributed by atoms with Crippen molar-refractivity contribution in [2.75, 3.05) is 26.2 Å². The van der Waals surface area contributed by atoms with Gasteiger partial charge in [0.2, 0.25) is 5.91 Å². The Bertz CT molecular complexity index is 298. The summed E-state index contributed by atoms with van der Waals surface area (Å²) < 4.78 is 0. The molecular weight excluding hydrogens is 262 g/mol. The number of carbonyl (C=O) groups is 1. The van der Waals surface area contributed by atoms with Crippen molar-refractivity contribution >= 4 is 5.91 Å². The van der Waals surface area contributed by atoms with E-state index in [1.807, 2.05) is 0 Å². The summed E-state index contributed by atoms with van der Waals surface area (Å²) in [5.41, 5.74) is 6.19. The Balaban J connectivity index is 2.63. The summed E-state index contributed by atoms with van der Waals surface area (Å²) in [6.07, 6.45) is 7.96. The highest BCUT2D eigenvalue weighted by atomic mass is 16.2. The molecule has 4 heteroatoms. The van der Waals surface area contributed by atoms with Gasteiger partial charge in [-0.05, 0) is 51.0 Å². The second kappa shape index (κ2) is 9.42. The predicted molar refractivity (Wildman–Crippen MR) is 89.2 cm³/mol. The van der Waals surface area contributed by atoms with Crippen molar-refractivity contribution in [3.05, 3.63) is 0 Å². The number of hydrogen-bond donors (Lipinski definition) is 2. The Morgan fingerprint density at radius 1 is 1.29 bits per heavy atom. The molecule has 1 fully saturated rings. The molecule has 0 atom stereocenters. The molecule has 3 N–H and O–H groups in total. The van der Waals surface area contributed by atoms with Crippen LogP contribution in [0, 0.1) is 5.92 Å². The molecule has 0 aromatic heterocycles. The first-order valence-corrected chi connectivity index (χ1v) is 8.79. The van der Waals surface area contributed by atoms with Crippen molar-refractivity contribution in [2.45, 2.75) is 71.3 Å². The van der Waals surface area contributed by atoms with Crippen molar-refractivity contribution < 1.29 is 4.79 Å². The van der Waals surface area contributed by atoms with Crippen LogP contribution in [-0.4, -0.2) is 42.5 Å². The zero-order valence-electron chi connectivity index (χ0n) is 14.3. The molecule has 0 aromatic carbocycles. The molecule has 1 aliphatic rings. The predicted octanol–water partition coefficient (Wildman–Crippen LogP) is 2.52. The molecule has 0 bridgehead atoms. The normalized spacial score (nSPS) is 26.0. The molecule has 0 heterocycles. The van der Waals surface area contributed by atoms with Crippen LogP contribution in [0.3, 0.4) is 0 Å². The largest absolute Gasteiger partial charge is 0.355 e. The van der Waals surface area contributed by atoms with E-state index >= 15 is 0 Å². The molecule has 124 valence electrons. The van der Waals surface area contributed by atoms with Crippen molar-refractivity contribution in [2.24, 2.45) is 11.7 Å². The first kappa shape index (κ1) is 18.4. The molecule has 0 unspecified atom stereocenters. The van der Waals surface area contributed by atoms with E-state index in [1.165, 1.54) is 12.8 Å². The quantitative estimate of drug-likeness (QED) is 0.643. The number of hydrogen-bond acceptors (Lipinski definition) is 3. The van der Waals surface area contributed by atoms with Gasteiger partial charge < -0.3 is 11.1 Å². The monoisotopic (exact) mass is 297 g/mol. The summed E-state index contributed by atoms with van der Waals surface area (Å²) in [5.74, 6) is 0.954. The smallest absolute Gasteiger partial charge is 0.234 e. The molecule has 1 rings (SSSR count). The summed E-state index contributed by atoms with van der Waals surface area (Å²) in [4.78, 5) is 14.5. The molecule has 0 spiro atoms. The van der Waals surface area contributed by atoms with Crippen LogP contribution in [0.1, 0.15) is 65.7 Å². The average molecular weight is 297 g/mol. The molecule has 21 heavy (non-hydrogen) atoms. The van der Waals surface area contributed by atoms with Crippen molar-refractivity contribution in [1.29, 1.82) is 0 Å². The lowest BCUT2D eigenvalue weighted by Crippen LogP contribution is -2.58. The van der Waals surface area contributed by atoms with E-state index in [4.69, 9.17) is 5.73 Å². The molecule has 0 aliphatic heterocycles. The van der Waals surface area contributed by atoms with E-state index in [0.29, 0.717) is 13.1 Å². The first-order chi connectivity index (χ1) is 10.1. The molecular formula is C17H35N3O. The Kier molecular flexibility index (Phi) is 8.27. The molecule has 1 saturated carbocycles. The number of unbranched alkanes of at least 4 members (excludes halogenated alkanes) is 1. The first-order valence-electron chi connectivity index (χ1n) is 8.79. The lowest BCUT2D eigenvalue weighted by atomic mass is 9.76. The van der Waals surface area contributed by atoms with Gasteiger partial charge in [0.05, 0.1) is 6.54 Å². The maximum absolute atomic E-state index is 12.2. The summed E-state index contributed by atoms with van der Waals surface area (Å²) in [6.45, 7) is 9.57. The van der Waals surface area contributed by atoms with Crippen LogP contribution in [0.15, 0.2) is 0 Å². The molecule has 0 saturated heterocycles. The molecule has 0 radical (unpaired) electrons. The van der Waals surface area contributed by atoms with Crippen LogP contribution in [-0.2, 0) is 4.79 Å². The Morgan fingerprint density at radius 2 is 1.95 bits per heavy atom. The highest BCUT2D eigenvalue weighted by Crippen LogP contribution is 2.35. The minimum Gasteiger partial charge on any atom is -0.355 e. The van der Waals surface area contributed by atoms with Crippen LogP contribution in [0.4, 0.5) is 0 Å². The van der Waals surface area contributed by atoms with E-state index in [1.54, 1.807) is 0 Å². The second-order valence-electron chi connectivity index (χ2n) is 6.74. The van der Waals surface area contributed by atoms with Gasteiger partial charge in [0, 0.05) is 18.6 Å². The van der Waals surface area contributed by atoms with Crippen LogP contribution in [0.2, 0.25) is 0 Å². The number of nitrogens with one attached hydrogen (secondary N) is 1. The topological polar surface area (TPSA) is 58.4 Å². The fourth-order valence-electron chi connectivity index (χ4n) is 3.34. The Morgan fingerprint density at radius 3 is 2.48 bits per heavy atom. The lowest BCUT2D eigenvalue weighted by Gasteiger charge is -2.47. The number of carbonyl (C=O) groups excluding carboxylic acids is 1.